The quantitative estimate of drug-likeness (QED) is 0.512. The zero-order valence-corrected chi connectivity index (χ0v) is 15.0. The predicted octanol–water partition coefficient (Wildman–Crippen LogP) is 3.38. The van der Waals surface area contributed by atoms with Crippen LogP contribution < -0.4 is 10.7 Å². The molecule has 0 atom stereocenters. The van der Waals surface area contributed by atoms with Crippen molar-refractivity contribution in [1.82, 2.24) is 5.43 Å². The number of hydrogen-bond donors (Lipinski definition) is 2. The molecule has 0 saturated heterocycles. The molecule has 0 aromatic heterocycles. The highest BCUT2D eigenvalue weighted by Crippen LogP contribution is 2.21. The highest BCUT2D eigenvalue weighted by Gasteiger charge is 2.13. The van der Waals surface area contributed by atoms with Gasteiger partial charge in [-0.2, -0.15) is 5.10 Å². The van der Waals surface area contributed by atoms with Gasteiger partial charge in [0.05, 0.1) is 6.21 Å². The van der Waals surface area contributed by atoms with E-state index >= 15 is 0 Å². The first-order valence-corrected chi connectivity index (χ1v) is 8.07. The molecule has 0 aliphatic heterocycles. The number of rotatable bonds is 3. The first kappa shape index (κ1) is 18.4. The number of carbonyl (C=O) groups is 2. The molecule has 0 aliphatic carbocycles. The van der Waals surface area contributed by atoms with Gasteiger partial charge < -0.3 is 5.32 Å². The monoisotopic (exact) mass is 337 g/mol. The number of anilines is 1. The fraction of sp³-hybridized carbons (Fsp3) is 0.250. The van der Waals surface area contributed by atoms with Crippen molar-refractivity contribution in [3.63, 3.8) is 0 Å². The minimum absolute atomic E-state index is 0.0811. The molecule has 25 heavy (non-hydrogen) atoms. The maximum Gasteiger partial charge on any atom is 0.329 e. The van der Waals surface area contributed by atoms with Gasteiger partial charge in [0.1, 0.15) is 0 Å². The number of carbonyl (C=O) groups excluding carboxylic acids is 2. The fourth-order valence-corrected chi connectivity index (χ4v) is 2.20. The van der Waals surface area contributed by atoms with E-state index in [1.165, 1.54) is 11.8 Å². The number of hydrogen-bond acceptors (Lipinski definition) is 3. The molecule has 2 N–H and O–H groups in total. The average Bonchev–Trinajstić information content (AvgIpc) is 2.54. The third kappa shape index (κ3) is 5.57. The highest BCUT2D eigenvalue weighted by molar-refractivity contribution is 6.39. The lowest BCUT2D eigenvalue weighted by Crippen LogP contribution is -2.32. The van der Waals surface area contributed by atoms with E-state index in [1.54, 1.807) is 12.1 Å². The van der Waals surface area contributed by atoms with Crippen molar-refractivity contribution < 1.29 is 9.59 Å². The molecular formula is C20H23N3O2. The third-order valence-corrected chi connectivity index (χ3v) is 3.64. The Balaban J connectivity index is 1.90. The standard InChI is InChI=1S/C20H23N3O2/c1-14-6-5-7-17(12-14)22-18(24)19(25)23-21-13-15-8-10-16(11-9-15)20(2,3)4/h5-13H,1-4H3,(H,22,24)(H,23,25)/b21-13-. The van der Waals surface area contributed by atoms with Gasteiger partial charge in [0, 0.05) is 5.69 Å². The summed E-state index contributed by atoms with van der Waals surface area (Å²) in [4.78, 5) is 23.6. The lowest BCUT2D eigenvalue weighted by atomic mass is 9.87. The Hall–Kier alpha value is -2.95. The number of nitrogens with one attached hydrogen (secondary N) is 2. The second-order valence-corrected chi connectivity index (χ2v) is 6.89. The van der Waals surface area contributed by atoms with Crippen molar-refractivity contribution in [2.75, 3.05) is 5.32 Å². The summed E-state index contributed by atoms with van der Waals surface area (Å²) in [6.45, 7) is 8.33. The molecule has 0 unspecified atom stereocenters. The zero-order chi connectivity index (χ0) is 18.4. The van der Waals surface area contributed by atoms with Crippen molar-refractivity contribution in [2.24, 2.45) is 5.10 Å². The maximum atomic E-state index is 11.8. The number of nitrogens with zero attached hydrogens (tertiary/aromatic N) is 1. The molecule has 0 radical (unpaired) electrons. The van der Waals surface area contributed by atoms with Crippen LogP contribution in [0.2, 0.25) is 0 Å². The van der Waals surface area contributed by atoms with Gasteiger partial charge in [-0.25, -0.2) is 5.43 Å². The van der Waals surface area contributed by atoms with Crippen molar-refractivity contribution in [2.45, 2.75) is 33.1 Å². The largest absolute Gasteiger partial charge is 0.329 e. The molecular weight excluding hydrogens is 314 g/mol. The molecule has 0 aliphatic rings. The van der Waals surface area contributed by atoms with E-state index in [1.807, 2.05) is 43.3 Å². The van der Waals surface area contributed by atoms with Crippen molar-refractivity contribution in [3.05, 3.63) is 65.2 Å². The molecule has 0 saturated carbocycles. The summed E-state index contributed by atoms with van der Waals surface area (Å²) >= 11 is 0. The molecule has 5 nitrogen and oxygen atoms in total. The Kier molecular flexibility index (Phi) is 5.70. The van der Waals surface area contributed by atoms with Gasteiger partial charge in [-0.15, -0.1) is 0 Å². The van der Waals surface area contributed by atoms with Gasteiger partial charge in [-0.3, -0.25) is 9.59 Å². The molecule has 130 valence electrons. The Labute approximate surface area is 148 Å². The first-order chi connectivity index (χ1) is 11.8. The van der Waals surface area contributed by atoms with E-state index in [0.717, 1.165) is 11.1 Å². The normalized spacial score (nSPS) is 11.4. The van der Waals surface area contributed by atoms with E-state index in [2.05, 4.69) is 36.6 Å². The summed E-state index contributed by atoms with van der Waals surface area (Å²) in [7, 11) is 0. The highest BCUT2D eigenvalue weighted by atomic mass is 16.2. The van der Waals surface area contributed by atoms with Crippen LogP contribution in [-0.4, -0.2) is 18.0 Å². The van der Waals surface area contributed by atoms with Crippen LogP contribution in [0.15, 0.2) is 53.6 Å². The second kappa shape index (κ2) is 7.75. The Morgan fingerprint density at radius 3 is 2.28 bits per heavy atom. The lowest BCUT2D eigenvalue weighted by molar-refractivity contribution is -0.136. The van der Waals surface area contributed by atoms with Gasteiger partial charge >= 0.3 is 11.8 Å². The van der Waals surface area contributed by atoms with Crippen LogP contribution in [0.5, 0.6) is 0 Å². The summed E-state index contributed by atoms with van der Waals surface area (Å²) in [6, 6.07) is 15.1. The molecule has 0 bridgehead atoms. The Morgan fingerprint density at radius 1 is 1.00 bits per heavy atom. The van der Waals surface area contributed by atoms with Gasteiger partial charge in [-0.1, -0.05) is 57.2 Å². The summed E-state index contributed by atoms with van der Waals surface area (Å²) in [5.74, 6) is -1.57. The van der Waals surface area contributed by atoms with Crippen molar-refractivity contribution in [1.29, 1.82) is 0 Å². The van der Waals surface area contributed by atoms with Crippen LogP contribution in [0.25, 0.3) is 0 Å². The van der Waals surface area contributed by atoms with E-state index < -0.39 is 11.8 Å². The van der Waals surface area contributed by atoms with Gasteiger partial charge in [0.2, 0.25) is 0 Å². The molecule has 0 spiro atoms. The van der Waals surface area contributed by atoms with Crippen LogP contribution in [0.3, 0.4) is 0 Å². The number of hydrazone groups is 1. The Bertz CT molecular complexity index is 787. The number of amides is 2. The maximum absolute atomic E-state index is 11.8. The predicted molar refractivity (Wildman–Crippen MR) is 101 cm³/mol. The van der Waals surface area contributed by atoms with E-state index in [0.29, 0.717) is 5.69 Å². The zero-order valence-electron chi connectivity index (χ0n) is 15.0. The van der Waals surface area contributed by atoms with Gasteiger partial charge in [0.15, 0.2) is 0 Å². The van der Waals surface area contributed by atoms with E-state index in [-0.39, 0.29) is 5.41 Å². The summed E-state index contributed by atoms with van der Waals surface area (Å²) in [6.07, 6.45) is 1.50. The summed E-state index contributed by atoms with van der Waals surface area (Å²) in [5, 5.41) is 6.36. The summed E-state index contributed by atoms with van der Waals surface area (Å²) < 4.78 is 0. The summed E-state index contributed by atoms with van der Waals surface area (Å²) in [5.41, 5.74) is 5.93. The second-order valence-electron chi connectivity index (χ2n) is 6.89. The third-order valence-electron chi connectivity index (χ3n) is 3.64. The molecule has 2 aromatic rings. The first-order valence-electron chi connectivity index (χ1n) is 8.07. The molecule has 5 heteroatoms. The molecule has 2 aromatic carbocycles. The molecule has 0 fully saturated rings. The Morgan fingerprint density at radius 2 is 1.68 bits per heavy atom. The number of benzene rings is 2. The minimum atomic E-state index is -0.816. The smallest absolute Gasteiger partial charge is 0.318 e. The van der Waals surface area contributed by atoms with Gasteiger partial charge in [-0.05, 0) is 41.2 Å². The van der Waals surface area contributed by atoms with Crippen molar-refractivity contribution in [3.8, 4) is 0 Å². The van der Waals surface area contributed by atoms with Crippen LogP contribution >= 0.6 is 0 Å². The van der Waals surface area contributed by atoms with Crippen molar-refractivity contribution >= 4 is 23.7 Å². The average molecular weight is 337 g/mol. The SMILES string of the molecule is Cc1cccc(NC(=O)C(=O)N/N=C\c2ccc(C(C)(C)C)cc2)c1. The van der Waals surface area contributed by atoms with Crippen LogP contribution in [0, 0.1) is 6.92 Å². The lowest BCUT2D eigenvalue weighted by Gasteiger charge is -2.18. The fourth-order valence-electron chi connectivity index (χ4n) is 2.20. The molecule has 2 amide bonds. The molecule has 0 heterocycles. The van der Waals surface area contributed by atoms with E-state index in [4.69, 9.17) is 0 Å². The molecule has 2 rings (SSSR count). The van der Waals surface area contributed by atoms with Gasteiger partial charge in [0.25, 0.3) is 0 Å². The van der Waals surface area contributed by atoms with E-state index in [9.17, 15) is 9.59 Å². The topological polar surface area (TPSA) is 70.6 Å². The minimum Gasteiger partial charge on any atom is -0.318 e. The van der Waals surface area contributed by atoms with Crippen LogP contribution in [-0.2, 0) is 15.0 Å². The van der Waals surface area contributed by atoms with Crippen LogP contribution in [0.1, 0.15) is 37.5 Å². The number of aryl methyl sites for hydroxylation is 1. The van der Waals surface area contributed by atoms with Crippen LogP contribution in [0.4, 0.5) is 5.69 Å².